The minimum atomic E-state index is -0.288. The van der Waals surface area contributed by atoms with E-state index in [4.69, 9.17) is 9.47 Å². The lowest BCUT2D eigenvalue weighted by atomic mass is 9.98. The molecule has 0 amide bonds. The van der Waals surface area contributed by atoms with Crippen molar-refractivity contribution in [3.05, 3.63) is 48.6 Å². The second-order valence-electron chi connectivity index (χ2n) is 13.1. The molecule has 0 N–H and O–H groups in total. The molecule has 0 aromatic rings. The first-order valence-corrected chi connectivity index (χ1v) is 19.2. The first kappa shape index (κ1) is 39.9. The molecular formula is C41H74O2. The summed E-state index contributed by atoms with van der Waals surface area (Å²) in [6.45, 7) is 7.60. The van der Waals surface area contributed by atoms with E-state index in [0.29, 0.717) is 6.10 Å². The molecule has 1 aliphatic rings. The Morgan fingerprint density at radius 1 is 0.465 bits per heavy atom. The molecule has 1 unspecified atom stereocenters. The molecular weight excluding hydrogens is 524 g/mol. The van der Waals surface area contributed by atoms with E-state index in [1.54, 1.807) is 0 Å². The van der Waals surface area contributed by atoms with Gasteiger partial charge in [-0.1, -0.05) is 159 Å². The molecule has 2 nitrogen and oxygen atoms in total. The van der Waals surface area contributed by atoms with Crippen LogP contribution in [0.3, 0.4) is 0 Å². The lowest BCUT2D eigenvalue weighted by Crippen LogP contribution is -2.31. The summed E-state index contributed by atoms with van der Waals surface area (Å²) in [6, 6.07) is 0. The van der Waals surface area contributed by atoms with E-state index in [9.17, 15) is 0 Å². The fraction of sp³-hybridized carbons (Fsp3) is 0.805. The average Bonchev–Trinajstić information content (AvgIpc) is 3.43. The molecule has 2 heteroatoms. The van der Waals surface area contributed by atoms with Crippen molar-refractivity contribution in [3.8, 4) is 0 Å². The standard InChI is InChI=1S/C41H74O2/c1-4-7-10-12-14-16-18-20-22-24-26-28-30-32-34-37-41(42-39-40(43-41)36-9-6-3)38-35-33-31-29-27-25-23-21-19-17-15-13-11-8-5-2/h12-15,18-21,40H,4-11,16-17,22-39H2,1-3H3/b14-12-,15-13-,20-18-,21-19-. The highest BCUT2D eigenvalue weighted by Crippen LogP contribution is 2.36. The third-order valence-electron chi connectivity index (χ3n) is 8.81. The lowest BCUT2D eigenvalue weighted by molar-refractivity contribution is -0.180. The number of unbranched alkanes of at least 4 members (excludes halogenated alkanes) is 17. The molecule has 0 spiro atoms. The molecule has 250 valence electrons. The summed E-state index contributed by atoms with van der Waals surface area (Å²) >= 11 is 0. The predicted octanol–water partition coefficient (Wildman–Crippen LogP) is 13.9. The van der Waals surface area contributed by atoms with Crippen LogP contribution in [-0.2, 0) is 9.47 Å². The van der Waals surface area contributed by atoms with Crippen LogP contribution in [0.15, 0.2) is 48.6 Å². The van der Waals surface area contributed by atoms with Crippen molar-refractivity contribution in [2.75, 3.05) is 6.61 Å². The van der Waals surface area contributed by atoms with Gasteiger partial charge in [-0.3, -0.25) is 0 Å². The van der Waals surface area contributed by atoms with E-state index < -0.39 is 0 Å². The van der Waals surface area contributed by atoms with Crippen molar-refractivity contribution >= 4 is 0 Å². The van der Waals surface area contributed by atoms with Gasteiger partial charge in [0.05, 0.1) is 12.7 Å². The smallest absolute Gasteiger partial charge is 0.168 e. The minimum absolute atomic E-state index is 0.288. The summed E-state index contributed by atoms with van der Waals surface area (Å²) in [6.07, 6.45) is 53.2. The maximum absolute atomic E-state index is 6.64. The Kier molecular flexibility index (Phi) is 28.7. The highest BCUT2D eigenvalue weighted by atomic mass is 16.7. The van der Waals surface area contributed by atoms with Crippen LogP contribution in [0.4, 0.5) is 0 Å². The van der Waals surface area contributed by atoms with Gasteiger partial charge in [0.15, 0.2) is 5.79 Å². The van der Waals surface area contributed by atoms with Gasteiger partial charge in [-0.2, -0.15) is 0 Å². The number of ether oxygens (including phenoxy) is 2. The number of rotatable bonds is 31. The van der Waals surface area contributed by atoms with Gasteiger partial charge in [0.25, 0.3) is 0 Å². The Morgan fingerprint density at radius 3 is 1.30 bits per heavy atom. The van der Waals surface area contributed by atoms with Gasteiger partial charge in [-0.25, -0.2) is 0 Å². The highest BCUT2D eigenvalue weighted by Gasteiger charge is 2.40. The normalized spacial score (nSPS) is 17.1. The summed E-state index contributed by atoms with van der Waals surface area (Å²) in [5.41, 5.74) is 0. The Bertz CT molecular complexity index is 642. The predicted molar refractivity (Wildman–Crippen MR) is 192 cm³/mol. The van der Waals surface area contributed by atoms with Crippen LogP contribution in [-0.4, -0.2) is 18.5 Å². The number of hydrogen-bond acceptors (Lipinski definition) is 2. The van der Waals surface area contributed by atoms with E-state index in [1.807, 2.05) is 0 Å². The van der Waals surface area contributed by atoms with Crippen LogP contribution in [0.5, 0.6) is 0 Å². The third-order valence-corrected chi connectivity index (χ3v) is 8.81. The van der Waals surface area contributed by atoms with Crippen LogP contribution in [0, 0.1) is 0 Å². The Hall–Kier alpha value is -1.12. The monoisotopic (exact) mass is 599 g/mol. The Balaban J connectivity index is 2.14. The van der Waals surface area contributed by atoms with Crippen molar-refractivity contribution < 1.29 is 9.47 Å². The Labute approximate surface area is 270 Å². The van der Waals surface area contributed by atoms with Crippen LogP contribution in [0.1, 0.15) is 194 Å². The average molecular weight is 599 g/mol. The zero-order valence-electron chi connectivity index (χ0n) is 29.3. The molecule has 0 aliphatic carbocycles. The SMILES string of the molecule is CCCC/C=C\C/C=C\CCCCCCCCC1(CCCCCCCC/C=C\C/C=C\CCCC)OCC(CCCC)O1. The zero-order chi connectivity index (χ0) is 30.9. The largest absolute Gasteiger partial charge is 0.347 e. The van der Waals surface area contributed by atoms with Gasteiger partial charge < -0.3 is 9.47 Å². The second kappa shape index (κ2) is 30.9. The topological polar surface area (TPSA) is 18.5 Å². The van der Waals surface area contributed by atoms with Crippen LogP contribution in [0.25, 0.3) is 0 Å². The van der Waals surface area contributed by atoms with Gasteiger partial charge in [0.2, 0.25) is 0 Å². The van der Waals surface area contributed by atoms with Crippen LogP contribution < -0.4 is 0 Å². The first-order chi connectivity index (χ1) is 21.3. The molecule has 1 atom stereocenters. The highest BCUT2D eigenvalue weighted by molar-refractivity contribution is 4.93. The van der Waals surface area contributed by atoms with Gasteiger partial charge in [-0.05, 0) is 70.6 Å². The van der Waals surface area contributed by atoms with Gasteiger partial charge in [-0.15, -0.1) is 0 Å². The van der Waals surface area contributed by atoms with Crippen molar-refractivity contribution in [1.82, 2.24) is 0 Å². The molecule has 0 aromatic heterocycles. The maximum Gasteiger partial charge on any atom is 0.168 e. The zero-order valence-corrected chi connectivity index (χ0v) is 29.3. The molecule has 0 aromatic carbocycles. The summed E-state index contributed by atoms with van der Waals surface area (Å²) in [5.74, 6) is -0.288. The van der Waals surface area contributed by atoms with E-state index in [0.717, 1.165) is 38.7 Å². The van der Waals surface area contributed by atoms with Crippen LogP contribution >= 0.6 is 0 Å². The molecule has 43 heavy (non-hydrogen) atoms. The van der Waals surface area contributed by atoms with Gasteiger partial charge >= 0.3 is 0 Å². The van der Waals surface area contributed by atoms with Crippen LogP contribution in [0.2, 0.25) is 0 Å². The quantitative estimate of drug-likeness (QED) is 0.0583. The van der Waals surface area contributed by atoms with Crippen molar-refractivity contribution in [2.24, 2.45) is 0 Å². The molecule has 1 heterocycles. The summed E-state index contributed by atoms with van der Waals surface area (Å²) < 4.78 is 13.1. The third kappa shape index (κ3) is 24.8. The van der Waals surface area contributed by atoms with Gasteiger partial charge in [0, 0.05) is 12.8 Å². The molecule has 1 rings (SSSR count). The first-order valence-electron chi connectivity index (χ1n) is 19.2. The fourth-order valence-electron chi connectivity index (χ4n) is 5.96. The minimum Gasteiger partial charge on any atom is -0.347 e. The molecule has 0 saturated carbocycles. The lowest BCUT2D eigenvalue weighted by Gasteiger charge is -2.28. The Morgan fingerprint density at radius 2 is 0.860 bits per heavy atom. The molecule has 0 bridgehead atoms. The molecule has 1 saturated heterocycles. The number of hydrogen-bond donors (Lipinski definition) is 0. The van der Waals surface area contributed by atoms with E-state index in [1.165, 1.54) is 141 Å². The van der Waals surface area contributed by atoms with E-state index in [-0.39, 0.29) is 5.79 Å². The molecule has 1 fully saturated rings. The summed E-state index contributed by atoms with van der Waals surface area (Å²) in [5, 5.41) is 0. The van der Waals surface area contributed by atoms with E-state index >= 15 is 0 Å². The van der Waals surface area contributed by atoms with Crippen molar-refractivity contribution in [3.63, 3.8) is 0 Å². The second-order valence-corrected chi connectivity index (χ2v) is 13.1. The number of allylic oxidation sites excluding steroid dienone is 8. The van der Waals surface area contributed by atoms with Crippen molar-refractivity contribution in [1.29, 1.82) is 0 Å². The summed E-state index contributed by atoms with van der Waals surface area (Å²) in [7, 11) is 0. The van der Waals surface area contributed by atoms with Gasteiger partial charge in [0.1, 0.15) is 0 Å². The molecule has 0 radical (unpaired) electrons. The molecule has 1 aliphatic heterocycles. The summed E-state index contributed by atoms with van der Waals surface area (Å²) in [4.78, 5) is 0. The fourth-order valence-corrected chi connectivity index (χ4v) is 5.96. The maximum atomic E-state index is 6.64. The van der Waals surface area contributed by atoms with E-state index in [2.05, 4.69) is 69.4 Å². The van der Waals surface area contributed by atoms with Crippen molar-refractivity contribution in [2.45, 2.75) is 206 Å².